The molecule has 0 aliphatic rings. The summed E-state index contributed by atoms with van der Waals surface area (Å²) in [5, 5.41) is 19.0. The van der Waals surface area contributed by atoms with E-state index < -0.39 is 24.0 Å². The standard InChI is InChI=1S/C11H13FO4S/c1-16-11(15)6-2-3-8(12)7(4-6)10(14)9(13)5-17/h2-4,9-10,13-14,17H,5H2,1H3. The molecule has 0 spiro atoms. The van der Waals surface area contributed by atoms with Crippen LogP contribution in [-0.4, -0.2) is 35.1 Å². The van der Waals surface area contributed by atoms with Gasteiger partial charge in [0.2, 0.25) is 0 Å². The van der Waals surface area contributed by atoms with Crippen molar-refractivity contribution < 1.29 is 24.1 Å². The Morgan fingerprint density at radius 2 is 2.18 bits per heavy atom. The summed E-state index contributed by atoms with van der Waals surface area (Å²) in [6.45, 7) is 0. The lowest BCUT2D eigenvalue weighted by atomic mass is 10.0. The maximum Gasteiger partial charge on any atom is 0.337 e. The molecule has 2 unspecified atom stereocenters. The number of aliphatic hydroxyl groups is 2. The molecule has 0 aliphatic carbocycles. The Morgan fingerprint density at radius 1 is 1.53 bits per heavy atom. The summed E-state index contributed by atoms with van der Waals surface area (Å²) in [6, 6.07) is 3.43. The summed E-state index contributed by atoms with van der Waals surface area (Å²) in [5.74, 6) is -1.37. The predicted octanol–water partition coefficient (Wildman–Crippen LogP) is 0.936. The summed E-state index contributed by atoms with van der Waals surface area (Å²) in [6.07, 6.45) is -2.64. The molecule has 1 rings (SSSR count). The smallest absolute Gasteiger partial charge is 0.337 e. The highest BCUT2D eigenvalue weighted by Gasteiger charge is 2.22. The lowest BCUT2D eigenvalue weighted by molar-refractivity contribution is 0.0313. The zero-order valence-corrected chi connectivity index (χ0v) is 10.0. The van der Waals surface area contributed by atoms with Crippen molar-refractivity contribution in [3.8, 4) is 0 Å². The van der Waals surface area contributed by atoms with Crippen LogP contribution in [0.3, 0.4) is 0 Å². The maximum absolute atomic E-state index is 13.4. The highest BCUT2D eigenvalue weighted by atomic mass is 32.1. The van der Waals surface area contributed by atoms with Crippen molar-refractivity contribution in [3.63, 3.8) is 0 Å². The van der Waals surface area contributed by atoms with Crippen LogP contribution in [0.25, 0.3) is 0 Å². The lowest BCUT2D eigenvalue weighted by Crippen LogP contribution is -2.21. The van der Waals surface area contributed by atoms with Crippen LogP contribution in [0.4, 0.5) is 4.39 Å². The fourth-order valence-corrected chi connectivity index (χ4v) is 1.52. The number of thiol groups is 1. The van der Waals surface area contributed by atoms with Crippen LogP contribution in [-0.2, 0) is 4.74 Å². The van der Waals surface area contributed by atoms with Gasteiger partial charge in [0, 0.05) is 11.3 Å². The van der Waals surface area contributed by atoms with Gasteiger partial charge in [-0.1, -0.05) is 0 Å². The first-order valence-corrected chi connectivity index (χ1v) is 5.49. The predicted molar refractivity (Wildman–Crippen MR) is 62.6 cm³/mol. The van der Waals surface area contributed by atoms with Crippen molar-refractivity contribution in [1.29, 1.82) is 0 Å². The quantitative estimate of drug-likeness (QED) is 0.556. The Labute approximate surface area is 103 Å². The molecule has 2 atom stereocenters. The van der Waals surface area contributed by atoms with Crippen LogP contribution >= 0.6 is 12.6 Å². The van der Waals surface area contributed by atoms with Gasteiger partial charge in [-0.05, 0) is 18.2 Å². The minimum absolute atomic E-state index is 0.0247. The third kappa shape index (κ3) is 3.18. The molecule has 0 saturated heterocycles. The number of benzene rings is 1. The molecule has 0 saturated carbocycles. The van der Waals surface area contributed by atoms with Gasteiger partial charge in [0.1, 0.15) is 11.9 Å². The highest BCUT2D eigenvalue weighted by molar-refractivity contribution is 7.80. The number of esters is 1. The van der Waals surface area contributed by atoms with Crippen LogP contribution in [0, 0.1) is 5.82 Å². The maximum atomic E-state index is 13.4. The monoisotopic (exact) mass is 260 g/mol. The summed E-state index contributed by atoms with van der Waals surface area (Å²) in [5.41, 5.74) is -0.0521. The molecule has 0 aliphatic heterocycles. The molecule has 0 bridgehead atoms. The topological polar surface area (TPSA) is 66.8 Å². The van der Waals surface area contributed by atoms with Crippen LogP contribution in [0.2, 0.25) is 0 Å². The molecular weight excluding hydrogens is 247 g/mol. The van der Waals surface area contributed by atoms with Gasteiger partial charge >= 0.3 is 5.97 Å². The van der Waals surface area contributed by atoms with E-state index in [4.69, 9.17) is 0 Å². The summed E-state index contributed by atoms with van der Waals surface area (Å²) >= 11 is 3.80. The van der Waals surface area contributed by atoms with Crippen molar-refractivity contribution in [2.45, 2.75) is 12.2 Å². The summed E-state index contributed by atoms with van der Waals surface area (Å²) < 4.78 is 17.9. The normalized spacial score (nSPS) is 14.2. The molecule has 94 valence electrons. The molecule has 17 heavy (non-hydrogen) atoms. The number of hydrogen-bond donors (Lipinski definition) is 3. The van der Waals surface area contributed by atoms with E-state index in [0.29, 0.717) is 0 Å². The van der Waals surface area contributed by atoms with Gasteiger partial charge in [-0.3, -0.25) is 0 Å². The third-order valence-electron chi connectivity index (χ3n) is 2.29. The minimum atomic E-state index is -1.43. The number of methoxy groups -OCH3 is 1. The molecule has 2 N–H and O–H groups in total. The van der Waals surface area contributed by atoms with E-state index >= 15 is 0 Å². The van der Waals surface area contributed by atoms with Crippen molar-refractivity contribution >= 4 is 18.6 Å². The molecule has 0 fully saturated rings. The summed E-state index contributed by atoms with van der Waals surface area (Å²) in [7, 11) is 1.20. The van der Waals surface area contributed by atoms with Crippen LogP contribution in [0.15, 0.2) is 18.2 Å². The van der Waals surface area contributed by atoms with E-state index in [0.717, 1.165) is 12.1 Å². The Bertz CT molecular complexity index is 410. The van der Waals surface area contributed by atoms with Crippen molar-refractivity contribution in [1.82, 2.24) is 0 Å². The van der Waals surface area contributed by atoms with Crippen LogP contribution < -0.4 is 0 Å². The Morgan fingerprint density at radius 3 is 2.71 bits per heavy atom. The molecule has 0 radical (unpaired) electrons. The van der Waals surface area contributed by atoms with E-state index in [2.05, 4.69) is 17.4 Å². The Balaban J connectivity index is 3.10. The number of carbonyl (C=O) groups excluding carboxylic acids is 1. The van der Waals surface area contributed by atoms with Gasteiger partial charge in [-0.25, -0.2) is 9.18 Å². The second kappa shape index (κ2) is 6.00. The van der Waals surface area contributed by atoms with Gasteiger partial charge in [0.25, 0.3) is 0 Å². The molecular formula is C11H13FO4S. The lowest BCUT2D eigenvalue weighted by Gasteiger charge is -2.17. The van der Waals surface area contributed by atoms with E-state index in [1.165, 1.54) is 13.2 Å². The van der Waals surface area contributed by atoms with Crippen molar-refractivity contribution in [2.75, 3.05) is 12.9 Å². The highest BCUT2D eigenvalue weighted by Crippen LogP contribution is 2.22. The zero-order valence-electron chi connectivity index (χ0n) is 9.13. The van der Waals surface area contributed by atoms with Gasteiger partial charge in [-0.15, -0.1) is 0 Å². The molecule has 6 heteroatoms. The van der Waals surface area contributed by atoms with E-state index in [1.54, 1.807) is 0 Å². The van der Waals surface area contributed by atoms with Gasteiger partial charge in [0.15, 0.2) is 0 Å². The molecule has 0 aromatic heterocycles. The Kier molecular flexibility index (Phi) is 4.92. The molecule has 0 heterocycles. The fraction of sp³-hybridized carbons (Fsp3) is 0.364. The molecule has 1 aromatic rings. The van der Waals surface area contributed by atoms with E-state index in [9.17, 15) is 19.4 Å². The minimum Gasteiger partial charge on any atom is -0.465 e. The van der Waals surface area contributed by atoms with Gasteiger partial charge < -0.3 is 14.9 Å². The van der Waals surface area contributed by atoms with Crippen LogP contribution in [0.1, 0.15) is 22.0 Å². The number of ether oxygens (including phenoxy) is 1. The van der Waals surface area contributed by atoms with Crippen molar-refractivity contribution in [3.05, 3.63) is 35.1 Å². The van der Waals surface area contributed by atoms with E-state index in [-0.39, 0.29) is 16.9 Å². The van der Waals surface area contributed by atoms with Crippen LogP contribution in [0.5, 0.6) is 0 Å². The first-order valence-electron chi connectivity index (χ1n) is 4.86. The Hall–Kier alpha value is -1.11. The number of hydrogen-bond acceptors (Lipinski definition) is 5. The van der Waals surface area contributed by atoms with Gasteiger partial charge in [0.05, 0.1) is 18.8 Å². The molecule has 4 nitrogen and oxygen atoms in total. The van der Waals surface area contributed by atoms with Crippen molar-refractivity contribution in [2.24, 2.45) is 0 Å². The average Bonchev–Trinajstić information content (AvgIpc) is 2.36. The zero-order chi connectivity index (χ0) is 13.0. The largest absolute Gasteiger partial charge is 0.465 e. The number of carbonyl (C=O) groups is 1. The first kappa shape index (κ1) is 14.0. The third-order valence-corrected chi connectivity index (χ3v) is 2.66. The summed E-state index contributed by atoms with van der Waals surface area (Å²) in [4.78, 5) is 11.2. The first-order chi connectivity index (χ1) is 8.01. The fourth-order valence-electron chi connectivity index (χ4n) is 1.32. The number of halogens is 1. The van der Waals surface area contributed by atoms with E-state index in [1.807, 2.05) is 0 Å². The second-order valence-corrected chi connectivity index (χ2v) is 3.79. The number of aliphatic hydroxyl groups excluding tert-OH is 2. The second-order valence-electron chi connectivity index (χ2n) is 3.42. The number of rotatable bonds is 4. The molecule has 1 aromatic carbocycles. The SMILES string of the molecule is COC(=O)c1ccc(F)c(C(O)C(O)CS)c1. The molecule has 0 amide bonds. The van der Waals surface area contributed by atoms with Gasteiger partial charge in [-0.2, -0.15) is 12.6 Å². The average molecular weight is 260 g/mol.